The maximum atomic E-state index is 12.1. The van der Waals surface area contributed by atoms with Gasteiger partial charge in [-0.2, -0.15) is 4.31 Å². The number of likely N-dealkylation sites (N-methyl/N-ethyl adjacent to an activating group) is 1. The zero-order chi connectivity index (χ0) is 10.9. The Morgan fingerprint density at radius 1 is 1.40 bits per heavy atom. The van der Waals surface area contributed by atoms with Crippen molar-refractivity contribution in [2.24, 2.45) is 0 Å². The second-order valence-corrected chi connectivity index (χ2v) is 6.48. The molecule has 0 aromatic rings. The van der Waals surface area contributed by atoms with Crippen molar-refractivity contribution >= 4 is 10.0 Å². The molecule has 0 aliphatic carbocycles. The molecule has 0 radical (unpaired) electrons. The molecule has 2 saturated heterocycles. The largest absolute Gasteiger partial charge is 0.380 e. The number of nitrogens with one attached hydrogen (secondary N) is 1. The molecule has 6 heteroatoms. The van der Waals surface area contributed by atoms with Crippen molar-refractivity contribution in [2.45, 2.75) is 24.1 Å². The first-order valence-corrected chi connectivity index (χ1v) is 6.88. The Labute approximate surface area is 90.8 Å². The quantitative estimate of drug-likeness (QED) is 0.708. The van der Waals surface area contributed by atoms with Crippen LogP contribution in [0.2, 0.25) is 0 Å². The molecule has 2 fully saturated rings. The van der Waals surface area contributed by atoms with Crippen molar-refractivity contribution < 1.29 is 13.2 Å². The average Bonchev–Trinajstić information content (AvgIpc) is 2.16. The minimum absolute atomic E-state index is 0.136. The Balaban J connectivity index is 2.03. The van der Waals surface area contributed by atoms with E-state index < -0.39 is 10.0 Å². The van der Waals surface area contributed by atoms with Crippen molar-refractivity contribution in [3.05, 3.63) is 0 Å². The molecule has 1 atom stereocenters. The highest BCUT2D eigenvalue weighted by atomic mass is 32.2. The third-order valence-electron chi connectivity index (χ3n) is 3.22. The second kappa shape index (κ2) is 4.37. The molecule has 2 aliphatic rings. The zero-order valence-electron chi connectivity index (χ0n) is 8.98. The summed E-state index contributed by atoms with van der Waals surface area (Å²) in [5, 5.41) is 2.74. The van der Waals surface area contributed by atoms with Crippen LogP contribution < -0.4 is 5.32 Å². The van der Waals surface area contributed by atoms with Gasteiger partial charge in [-0.15, -0.1) is 0 Å². The van der Waals surface area contributed by atoms with E-state index in [1.165, 1.54) is 4.31 Å². The molecule has 0 aromatic heterocycles. The van der Waals surface area contributed by atoms with E-state index in [0.29, 0.717) is 13.2 Å². The molecule has 0 spiro atoms. The molecule has 2 aliphatic heterocycles. The van der Waals surface area contributed by atoms with E-state index >= 15 is 0 Å². The summed E-state index contributed by atoms with van der Waals surface area (Å²) in [5.74, 6) is 0. The van der Waals surface area contributed by atoms with Gasteiger partial charge in [-0.25, -0.2) is 8.42 Å². The molecule has 5 nitrogen and oxygen atoms in total. The number of nitrogens with zero attached hydrogens (tertiary/aromatic N) is 1. The average molecular weight is 234 g/mol. The Hall–Kier alpha value is -0.170. The Morgan fingerprint density at radius 3 is 2.60 bits per heavy atom. The van der Waals surface area contributed by atoms with Crippen LogP contribution in [0.3, 0.4) is 0 Å². The van der Waals surface area contributed by atoms with E-state index in [2.05, 4.69) is 5.32 Å². The summed E-state index contributed by atoms with van der Waals surface area (Å²) in [7, 11) is -1.48. The van der Waals surface area contributed by atoms with Gasteiger partial charge in [0.1, 0.15) is 0 Å². The van der Waals surface area contributed by atoms with Gasteiger partial charge in [0.05, 0.1) is 11.9 Å². The molecule has 1 unspecified atom stereocenters. The predicted octanol–water partition coefficient (Wildman–Crippen LogP) is -0.601. The van der Waals surface area contributed by atoms with Gasteiger partial charge in [0, 0.05) is 32.8 Å². The molecule has 0 amide bonds. The van der Waals surface area contributed by atoms with Crippen LogP contribution in [0.5, 0.6) is 0 Å². The standard InChI is InChI=1S/C9H18N2O3S/c1-11(8-5-10-6-8)15(12,13)9-3-2-4-14-7-9/h8-10H,2-7H2,1H3. The van der Waals surface area contributed by atoms with E-state index in [1.807, 2.05) is 0 Å². The fraction of sp³-hybridized carbons (Fsp3) is 1.00. The SMILES string of the molecule is CN(C1CNC1)S(=O)(=O)C1CCCOC1. The fourth-order valence-corrected chi connectivity index (χ4v) is 3.69. The summed E-state index contributed by atoms with van der Waals surface area (Å²) < 4.78 is 31.0. The molecule has 15 heavy (non-hydrogen) atoms. The van der Waals surface area contributed by atoms with Gasteiger partial charge in [-0.1, -0.05) is 0 Å². The van der Waals surface area contributed by atoms with Crippen molar-refractivity contribution in [3.63, 3.8) is 0 Å². The first-order valence-electron chi connectivity index (χ1n) is 5.37. The smallest absolute Gasteiger partial charge is 0.219 e. The Bertz CT molecular complexity index is 299. The molecule has 1 N–H and O–H groups in total. The molecule has 2 heterocycles. The summed E-state index contributed by atoms with van der Waals surface area (Å²) in [6, 6.07) is 0.136. The van der Waals surface area contributed by atoms with E-state index in [-0.39, 0.29) is 11.3 Å². The lowest BCUT2D eigenvalue weighted by Gasteiger charge is -2.37. The van der Waals surface area contributed by atoms with Crippen LogP contribution in [-0.2, 0) is 14.8 Å². The topological polar surface area (TPSA) is 58.6 Å². The van der Waals surface area contributed by atoms with Gasteiger partial charge >= 0.3 is 0 Å². The van der Waals surface area contributed by atoms with E-state index in [0.717, 1.165) is 25.9 Å². The maximum Gasteiger partial charge on any atom is 0.219 e. The van der Waals surface area contributed by atoms with Crippen LogP contribution in [0.1, 0.15) is 12.8 Å². The van der Waals surface area contributed by atoms with Gasteiger partial charge < -0.3 is 10.1 Å². The molecule has 0 aromatic carbocycles. The van der Waals surface area contributed by atoms with Crippen molar-refractivity contribution in [1.29, 1.82) is 0 Å². The van der Waals surface area contributed by atoms with Crippen LogP contribution in [0.15, 0.2) is 0 Å². The monoisotopic (exact) mass is 234 g/mol. The van der Waals surface area contributed by atoms with Crippen molar-refractivity contribution in [1.82, 2.24) is 9.62 Å². The van der Waals surface area contributed by atoms with Gasteiger partial charge in [-0.05, 0) is 12.8 Å². The number of ether oxygens (including phenoxy) is 1. The van der Waals surface area contributed by atoms with Crippen LogP contribution >= 0.6 is 0 Å². The number of sulfonamides is 1. The highest BCUT2D eigenvalue weighted by molar-refractivity contribution is 7.89. The lowest BCUT2D eigenvalue weighted by Crippen LogP contribution is -2.59. The van der Waals surface area contributed by atoms with Crippen LogP contribution in [-0.4, -0.2) is 57.4 Å². The van der Waals surface area contributed by atoms with Gasteiger partial charge in [0.15, 0.2) is 0 Å². The van der Waals surface area contributed by atoms with E-state index in [9.17, 15) is 8.42 Å². The highest BCUT2D eigenvalue weighted by Crippen LogP contribution is 2.20. The minimum atomic E-state index is -3.15. The summed E-state index contributed by atoms with van der Waals surface area (Å²) in [6.45, 7) is 2.58. The normalized spacial score (nSPS) is 29.1. The van der Waals surface area contributed by atoms with Crippen LogP contribution in [0, 0.1) is 0 Å². The minimum Gasteiger partial charge on any atom is -0.380 e. The second-order valence-electron chi connectivity index (χ2n) is 4.21. The van der Waals surface area contributed by atoms with Crippen LogP contribution in [0.4, 0.5) is 0 Å². The number of hydrogen-bond acceptors (Lipinski definition) is 4. The predicted molar refractivity (Wildman–Crippen MR) is 57.2 cm³/mol. The highest BCUT2D eigenvalue weighted by Gasteiger charge is 2.37. The van der Waals surface area contributed by atoms with Gasteiger partial charge in [0.2, 0.25) is 10.0 Å². The molecule has 0 saturated carbocycles. The third-order valence-corrected chi connectivity index (χ3v) is 5.53. The summed E-state index contributed by atoms with van der Waals surface area (Å²) in [5.41, 5.74) is 0. The summed E-state index contributed by atoms with van der Waals surface area (Å²) in [6.07, 6.45) is 1.58. The Kier molecular flexibility index (Phi) is 3.30. The molecule has 2 rings (SSSR count). The van der Waals surface area contributed by atoms with Gasteiger partial charge in [-0.3, -0.25) is 0 Å². The first kappa shape index (κ1) is 11.3. The van der Waals surface area contributed by atoms with Crippen LogP contribution in [0.25, 0.3) is 0 Å². The summed E-state index contributed by atoms with van der Waals surface area (Å²) in [4.78, 5) is 0. The van der Waals surface area contributed by atoms with Crippen molar-refractivity contribution in [2.75, 3.05) is 33.4 Å². The van der Waals surface area contributed by atoms with Gasteiger partial charge in [0.25, 0.3) is 0 Å². The van der Waals surface area contributed by atoms with Crippen molar-refractivity contribution in [3.8, 4) is 0 Å². The lowest BCUT2D eigenvalue weighted by atomic mass is 10.2. The fourth-order valence-electron chi connectivity index (χ4n) is 1.92. The number of rotatable bonds is 3. The molecule has 0 bridgehead atoms. The third kappa shape index (κ3) is 2.18. The maximum absolute atomic E-state index is 12.1. The molecular weight excluding hydrogens is 216 g/mol. The molecular formula is C9H18N2O3S. The first-order chi connectivity index (χ1) is 7.12. The van der Waals surface area contributed by atoms with E-state index in [4.69, 9.17) is 4.74 Å². The zero-order valence-corrected chi connectivity index (χ0v) is 9.79. The molecule has 88 valence electrons. The lowest BCUT2D eigenvalue weighted by molar-refractivity contribution is 0.0967. The number of hydrogen-bond donors (Lipinski definition) is 1. The van der Waals surface area contributed by atoms with E-state index in [1.54, 1.807) is 7.05 Å². The Morgan fingerprint density at radius 2 is 2.13 bits per heavy atom. The summed E-state index contributed by atoms with van der Waals surface area (Å²) >= 11 is 0.